The Morgan fingerprint density at radius 1 is 1.33 bits per heavy atom. The number of nitrogens with zero attached hydrogens (tertiary/aromatic N) is 1. The lowest BCUT2D eigenvalue weighted by Crippen LogP contribution is -2.31. The van der Waals surface area contributed by atoms with Crippen LogP contribution in [0.25, 0.3) is 0 Å². The van der Waals surface area contributed by atoms with E-state index in [1.807, 2.05) is 0 Å². The predicted octanol–water partition coefficient (Wildman–Crippen LogP) is 3.48. The van der Waals surface area contributed by atoms with Gasteiger partial charge in [0.05, 0.1) is 18.4 Å². The first-order chi connectivity index (χ1) is 11.4. The summed E-state index contributed by atoms with van der Waals surface area (Å²) in [7, 11) is 3.33. The molecule has 1 amide bonds. The van der Waals surface area contributed by atoms with Crippen molar-refractivity contribution in [3.8, 4) is 0 Å². The number of esters is 1. The van der Waals surface area contributed by atoms with E-state index >= 15 is 0 Å². The first-order valence-electron chi connectivity index (χ1n) is 7.83. The molecular weight excluding hydrogens is 353 g/mol. The van der Waals surface area contributed by atoms with Crippen LogP contribution in [-0.4, -0.2) is 44.1 Å². The number of amides is 1. The van der Waals surface area contributed by atoms with Crippen molar-refractivity contribution in [2.45, 2.75) is 25.4 Å². The number of ether oxygens (including phenoxy) is 2. The Hall–Kier alpha value is -1.30. The van der Waals surface area contributed by atoms with Gasteiger partial charge in [-0.15, -0.1) is 0 Å². The van der Waals surface area contributed by atoms with Crippen molar-refractivity contribution in [2.24, 2.45) is 5.92 Å². The molecule has 1 aromatic carbocycles. The van der Waals surface area contributed by atoms with E-state index in [2.05, 4.69) is 0 Å². The zero-order chi connectivity index (χ0) is 17.7. The summed E-state index contributed by atoms with van der Waals surface area (Å²) < 4.78 is 11.1. The molecule has 1 fully saturated rings. The average molecular weight is 374 g/mol. The molecule has 1 aliphatic rings. The molecule has 7 heteroatoms. The van der Waals surface area contributed by atoms with E-state index in [1.165, 1.54) is 4.90 Å². The van der Waals surface area contributed by atoms with Crippen molar-refractivity contribution >= 4 is 35.1 Å². The first-order valence-corrected chi connectivity index (χ1v) is 8.59. The topological polar surface area (TPSA) is 55.8 Å². The molecule has 0 spiro atoms. The van der Waals surface area contributed by atoms with E-state index in [4.69, 9.17) is 32.7 Å². The summed E-state index contributed by atoms with van der Waals surface area (Å²) in [4.78, 5) is 25.4. The van der Waals surface area contributed by atoms with Gasteiger partial charge in [-0.1, -0.05) is 29.3 Å². The number of benzene rings is 1. The van der Waals surface area contributed by atoms with Crippen LogP contribution in [0.5, 0.6) is 0 Å². The number of halogens is 2. The van der Waals surface area contributed by atoms with Crippen molar-refractivity contribution < 1.29 is 19.1 Å². The highest BCUT2D eigenvalue weighted by atomic mass is 35.5. The quantitative estimate of drug-likeness (QED) is 0.741. The second-order valence-corrected chi connectivity index (χ2v) is 6.76. The van der Waals surface area contributed by atoms with Gasteiger partial charge in [0.1, 0.15) is 6.61 Å². The second kappa shape index (κ2) is 8.70. The summed E-state index contributed by atoms with van der Waals surface area (Å²) in [5.74, 6) is -0.885. The standard InChI is InChI=1S/C17H21Cl2NO4/c1-20(2)15(21)7-9-24-17(22)13-4-3-8-23-16(13)12-6-5-11(18)10-14(12)19/h5-6,10,13,16H,3-4,7-9H2,1-2H3/t13-,16+/m0/s1. The van der Waals surface area contributed by atoms with Crippen LogP contribution >= 0.6 is 23.2 Å². The molecule has 0 bridgehead atoms. The summed E-state index contributed by atoms with van der Waals surface area (Å²) in [6, 6.07) is 5.13. The lowest BCUT2D eigenvalue weighted by molar-refractivity contribution is -0.159. The lowest BCUT2D eigenvalue weighted by Gasteiger charge is -2.31. The van der Waals surface area contributed by atoms with E-state index in [1.54, 1.807) is 32.3 Å². The summed E-state index contributed by atoms with van der Waals surface area (Å²) in [5.41, 5.74) is 0.729. The van der Waals surface area contributed by atoms with Crippen LogP contribution in [-0.2, 0) is 19.1 Å². The van der Waals surface area contributed by atoms with Gasteiger partial charge in [0.15, 0.2) is 0 Å². The van der Waals surface area contributed by atoms with Crippen molar-refractivity contribution in [3.63, 3.8) is 0 Å². The predicted molar refractivity (Wildman–Crippen MR) is 92.1 cm³/mol. The van der Waals surface area contributed by atoms with Crippen LogP contribution in [0.4, 0.5) is 0 Å². The molecule has 1 heterocycles. The zero-order valence-corrected chi connectivity index (χ0v) is 15.3. The minimum Gasteiger partial charge on any atom is -0.465 e. The summed E-state index contributed by atoms with van der Waals surface area (Å²) in [6.45, 7) is 0.625. The van der Waals surface area contributed by atoms with Crippen LogP contribution in [0.3, 0.4) is 0 Å². The Bertz CT molecular complexity index is 606. The van der Waals surface area contributed by atoms with Crippen LogP contribution in [0.15, 0.2) is 18.2 Å². The van der Waals surface area contributed by atoms with E-state index < -0.39 is 12.0 Å². The van der Waals surface area contributed by atoms with Crippen LogP contribution < -0.4 is 0 Å². The van der Waals surface area contributed by atoms with Gasteiger partial charge in [-0.05, 0) is 25.0 Å². The molecule has 0 aromatic heterocycles. The number of carbonyl (C=O) groups is 2. The SMILES string of the molecule is CN(C)C(=O)CCOC(=O)[C@H]1CCCO[C@@H]1c1ccc(Cl)cc1Cl. The van der Waals surface area contributed by atoms with Gasteiger partial charge >= 0.3 is 5.97 Å². The van der Waals surface area contributed by atoms with E-state index in [9.17, 15) is 9.59 Å². The third-order valence-corrected chi connectivity index (χ3v) is 4.52. The number of rotatable bonds is 5. The molecule has 24 heavy (non-hydrogen) atoms. The fraction of sp³-hybridized carbons (Fsp3) is 0.529. The Labute approximate surface area is 151 Å². The highest BCUT2D eigenvalue weighted by molar-refractivity contribution is 6.35. The summed E-state index contributed by atoms with van der Waals surface area (Å²) in [6.07, 6.45) is 1.14. The van der Waals surface area contributed by atoms with Crippen molar-refractivity contribution in [1.29, 1.82) is 0 Å². The van der Waals surface area contributed by atoms with Crippen LogP contribution in [0.2, 0.25) is 10.0 Å². The van der Waals surface area contributed by atoms with Gasteiger partial charge in [0.25, 0.3) is 0 Å². The van der Waals surface area contributed by atoms with E-state index in [0.717, 1.165) is 12.0 Å². The highest BCUT2D eigenvalue weighted by Gasteiger charge is 2.35. The zero-order valence-electron chi connectivity index (χ0n) is 13.8. The largest absolute Gasteiger partial charge is 0.465 e. The van der Waals surface area contributed by atoms with Crippen LogP contribution in [0, 0.1) is 5.92 Å². The smallest absolute Gasteiger partial charge is 0.311 e. The third-order valence-electron chi connectivity index (χ3n) is 3.95. The Morgan fingerprint density at radius 2 is 2.08 bits per heavy atom. The maximum absolute atomic E-state index is 12.4. The molecule has 1 aliphatic heterocycles. The highest BCUT2D eigenvalue weighted by Crippen LogP contribution is 2.38. The van der Waals surface area contributed by atoms with E-state index in [0.29, 0.717) is 23.1 Å². The molecule has 1 aromatic rings. The van der Waals surface area contributed by atoms with Gasteiger partial charge in [0, 0.05) is 36.3 Å². The molecule has 5 nitrogen and oxygen atoms in total. The van der Waals surface area contributed by atoms with Gasteiger partial charge in [-0.3, -0.25) is 9.59 Å². The maximum atomic E-state index is 12.4. The Balaban J connectivity index is 2.03. The molecule has 1 saturated heterocycles. The van der Waals surface area contributed by atoms with Gasteiger partial charge < -0.3 is 14.4 Å². The molecule has 0 unspecified atom stereocenters. The normalized spacial score (nSPS) is 20.5. The number of hydrogen-bond acceptors (Lipinski definition) is 4. The molecule has 132 valence electrons. The second-order valence-electron chi connectivity index (χ2n) is 5.91. The van der Waals surface area contributed by atoms with Crippen molar-refractivity contribution in [1.82, 2.24) is 4.90 Å². The van der Waals surface area contributed by atoms with Crippen molar-refractivity contribution in [3.05, 3.63) is 33.8 Å². The average Bonchev–Trinajstić information content (AvgIpc) is 2.54. The van der Waals surface area contributed by atoms with Crippen molar-refractivity contribution in [2.75, 3.05) is 27.3 Å². The fourth-order valence-corrected chi connectivity index (χ4v) is 3.15. The number of carbonyl (C=O) groups excluding carboxylic acids is 2. The monoisotopic (exact) mass is 373 g/mol. The van der Waals surface area contributed by atoms with Gasteiger partial charge in [0.2, 0.25) is 5.91 Å². The Kier molecular flexibility index (Phi) is 6.90. The Morgan fingerprint density at radius 3 is 2.75 bits per heavy atom. The lowest BCUT2D eigenvalue weighted by atomic mass is 9.89. The minimum absolute atomic E-state index is 0.0629. The molecule has 0 aliphatic carbocycles. The molecule has 2 rings (SSSR count). The maximum Gasteiger partial charge on any atom is 0.311 e. The third kappa shape index (κ3) is 4.85. The fourth-order valence-electron chi connectivity index (χ4n) is 2.63. The minimum atomic E-state index is -0.458. The molecule has 2 atom stereocenters. The van der Waals surface area contributed by atoms with Crippen LogP contribution in [0.1, 0.15) is 30.9 Å². The van der Waals surface area contributed by atoms with Gasteiger partial charge in [-0.25, -0.2) is 0 Å². The molecule has 0 saturated carbocycles. The summed E-state index contributed by atoms with van der Waals surface area (Å²) in [5, 5.41) is 0.996. The summed E-state index contributed by atoms with van der Waals surface area (Å²) >= 11 is 12.2. The molecule has 0 radical (unpaired) electrons. The van der Waals surface area contributed by atoms with Gasteiger partial charge in [-0.2, -0.15) is 0 Å². The first kappa shape index (κ1) is 19.0. The molecule has 0 N–H and O–H groups in total. The van der Waals surface area contributed by atoms with E-state index in [-0.39, 0.29) is 24.9 Å². The molecular formula is C17H21Cl2NO4. The number of hydrogen-bond donors (Lipinski definition) is 0.